The number of nitrogens with one attached hydrogen (secondary N) is 1. The first-order valence-corrected chi connectivity index (χ1v) is 9.34. The largest absolute Gasteiger partial charge is 0.503 e. The van der Waals surface area contributed by atoms with Gasteiger partial charge in [-0.3, -0.25) is 9.59 Å². The van der Waals surface area contributed by atoms with Crippen LogP contribution in [0.15, 0.2) is 53.8 Å². The van der Waals surface area contributed by atoms with Gasteiger partial charge in [-0.1, -0.05) is 29.3 Å². The SMILES string of the molecule is O=C(NCCCc1ccc(Cl)c(Cl)c1)C1=C(O)C(=O)N(c2ccc(F)cc2)C1. The Balaban J connectivity index is 1.54. The summed E-state index contributed by atoms with van der Waals surface area (Å²) < 4.78 is 13.0. The Morgan fingerprint density at radius 1 is 1.14 bits per heavy atom. The molecule has 0 aliphatic carbocycles. The van der Waals surface area contributed by atoms with E-state index < -0.39 is 23.4 Å². The van der Waals surface area contributed by atoms with Gasteiger partial charge in [0.15, 0.2) is 5.76 Å². The van der Waals surface area contributed by atoms with Crippen molar-refractivity contribution in [1.82, 2.24) is 5.32 Å². The number of hydrogen-bond acceptors (Lipinski definition) is 3. The number of nitrogens with zero attached hydrogens (tertiary/aromatic N) is 1. The zero-order chi connectivity index (χ0) is 20.3. The summed E-state index contributed by atoms with van der Waals surface area (Å²) in [6.07, 6.45) is 1.33. The molecule has 2 aromatic carbocycles. The maximum absolute atomic E-state index is 13.0. The van der Waals surface area contributed by atoms with Crippen molar-refractivity contribution in [3.05, 3.63) is 75.2 Å². The van der Waals surface area contributed by atoms with Crippen molar-refractivity contribution in [2.45, 2.75) is 12.8 Å². The molecule has 3 rings (SSSR count). The van der Waals surface area contributed by atoms with Crippen molar-refractivity contribution in [3.63, 3.8) is 0 Å². The number of aliphatic hydroxyl groups is 1. The Hall–Kier alpha value is -2.57. The van der Waals surface area contributed by atoms with E-state index in [1.165, 1.54) is 29.2 Å². The van der Waals surface area contributed by atoms with Crippen LogP contribution in [0.1, 0.15) is 12.0 Å². The number of aryl methyl sites for hydroxylation is 1. The summed E-state index contributed by atoms with van der Waals surface area (Å²) in [7, 11) is 0. The number of benzene rings is 2. The molecule has 146 valence electrons. The standard InChI is InChI=1S/C20H17Cl2FN2O3/c21-16-8-3-12(10-17(16)22)2-1-9-24-19(27)15-11-25(20(28)18(15)26)14-6-4-13(23)5-7-14/h3-8,10,26H,1-2,9,11H2,(H,24,27). The number of halogens is 3. The monoisotopic (exact) mass is 422 g/mol. The van der Waals surface area contributed by atoms with Crippen LogP contribution in [0.25, 0.3) is 0 Å². The van der Waals surface area contributed by atoms with Gasteiger partial charge in [0.1, 0.15) is 5.82 Å². The normalized spacial score (nSPS) is 14.0. The fourth-order valence-corrected chi connectivity index (χ4v) is 3.19. The Morgan fingerprint density at radius 3 is 2.54 bits per heavy atom. The number of carbonyl (C=O) groups excluding carboxylic acids is 2. The van der Waals surface area contributed by atoms with Crippen LogP contribution >= 0.6 is 23.2 Å². The predicted molar refractivity (Wildman–Crippen MR) is 106 cm³/mol. The average Bonchev–Trinajstić information content (AvgIpc) is 2.97. The summed E-state index contributed by atoms with van der Waals surface area (Å²) in [4.78, 5) is 25.8. The molecule has 0 fully saturated rings. The smallest absolute Gasteiger partial charge is 0.293 e. The highest BCUT2D eigenvalue weighted by atomic mass is 35.5. The second kappa shape index (κ2) is 8.63. The Morgan fingerprint density at radius 2 is 1.86 bits per heavy atom. The molecule has 1 aliphatic heterocycles. The number of anilines is 1. The second-order valence-corrected chi connectivity index (χ2v) is 7.12. The first-order chi connectivity index (χ1) is 13.4. The summed E-state index contributed by atoms with van der Waals surface area (Å²) in [6.45, 7) is 0.287. The van der Waals surface area contributed by atoms with Crippen molar-refractivity contribution in [2.24, 2.45) is 0 Å². The number of amides is 2. The quantitative estimate of drug-likeness (QED) is 0.690. The van der Waals surface area contributed by atoms with Gasteiger partial charge in [-0.2, -0.15) is 0 Å². The Labute approximate surface area is 171 Å². The Bertz CT molecular complexity index is 945. The molecule has 1 heterocycles. The third-order valence-corrected chi connectivity index (χ3v) is 5.11. The molecule has 2 amide bonds. The molecule has 0 atom stereocenters. The molecular weight excluding hydrogens is 406 g/mol. The van der Waals surface area contributed by atoms with Crippen molar-refractivity contribution < 1.29 is 19.1 Å². The first-order valence-electron chi connectivity index (χ1n) is 8.58. The lowest BCUT2D eigenvalue weighted by Crippen LogP contribution is -2.30. The van der Waals surface area contributed by atoms with Crippen LogP contribution in [-0.2, 0) is 16.0 Å². The minimum atomic E-state index is -0.687. The molecule has 0 bridgehead atoms. The Kier molecular flexibility index (Phi) is 6.21. The van der Waals surface area contributed by atoms with E-state index in [0.717, 1.165) is 5.56 Å². The maximum Gasteiger partial charge on any atom is 0.293 e. The fraction of sp³-hybridized carbons (Fsp3) is 0.200. The van der Waals surface area contributed by atoms with Crippen LogP contribution < -0.4 is 10.2 Å². The minimum Gasteiger partial charge on any atom is -0.503 e. The zero-order valence-corrected chi connectivity index (χ0v) is 16.2. The van der Waals surface area contributed by atoms with Crippen LogP contribution in [0.4, 0.5) is 10.1 Å². The first kappa shape index (κ1) is 20.2. The zero-order valence-electron chi connectivity index (χ0n) is 14.7. The molecule has 5 nitrogen and oxygen atoms in total. The van der Waals surface area contributed by atoms with Gasteiger partial charge >= 0.3 is 0 Å². The van der Waals surface area contributed by atoms with Gasteiger partial charge in [0, 0.05) is 12.2 Å². The average molecular weight is 423 g/mol. The van der Waals surface area contributed by atoms with E-state index in [-0.39, 0.29) is 12.1 Å². The van der Waals surface area contributed by atoms with Crippen LogP contribution in [0.5, 0.6) is 0 Å². The van der Waals surface area contributed by atoms with Gasteiger partial charge < -0.3 is 15.3 Å². The molecule has 1 aliphatic rings. The van der Waals surface area contributed by atoms with E-state index in [0.29, 0.717) is 35.1 Å². The minimum absolute atomic E-state index is 0.0103. The molecule has 0 radical (unpaired) electrons. The van der Waals surface area contributed by atoms with Gasteiger partial charge in [0.2, 0.25) is 0 Å². The van der Waals surface area contributed by atoms with Crippen molar-refractivity contribution in [1.29, 1.82) is 0 Å². The lowest BCUT2D eigenvalue weighted by molar-refractivity contribution is -0.119. The molecule has 0 unspecified atom stereocenters. The third-order valence-electron chi connectivity index (χ3n) is 4.37. The van der Waals surface area contributed by atoms with Gasteiger partial charge in [0.25, 0.3) is 11.8 Å². The van der Waals surface area contributed by atoms with Crippen LogP contribution in [0.3, 0.4) is 0 Å². The lowest BCUT2D eigenvalue weighted by atomic mass is 10.1. The summed E-state index contributed by atoms with van der Waals surface area (Å²) in [5, 5.41) is 13.7. The predicted octanol–water partition coefficient (Wildman–Crippen LogP) is 4.04. The number of hydrogen-bond donors (Lipinski definition) is 2. The fourth-order valence-electron chi connectivity index (χ4n) is 2.87. The summed E-state index contributed by atoms with van der Waals surface area (Å²) in [6, 6.07) is 10.6. The van der Waals surface area contributed by atoms with E-state index in [2.05, 4.69) is 5.32 Å². The number of rotatable bonds is 6. The van der Waals surface area contributed by atoms with E-state index in [1.807, 2.05) is 6.07 Å². The molecule has 2 N–H and O–H groups in total. The highest BCUT2D eigenvalue weighted by Gasteiger charge is 2.34. The molecule has 0 saturated carbocycles. The summed E-state index contributed by atoms with van der Waals surface area (Å²) in [5.41, 5.74) is 1.38. The highest BCUT2D eigenvalue weighted by molar-refractivity contribution is 6.42. The van der Waals surface area contributed by atoms with Crippen LogP contribution in [-0.4, -0.2) is 30.0 Å². The van der Waals surface area contributed by atoms with Gasteiger partial charge in [-0.25, -0.2) is 4.39 Å². The van der Waals surface area contributed by atoms with Gasteiger partial charge in [0.05, 0.1) is 22.2 Å². The molecule has 28 heavy (non-hydrogen) atoms. The third kappa shape index (κ3) is 4.46. The molecular formula is C20H17Cl2FN2O3. The number of aliphatic hydroxyl groups excluding tert-OH is 1. The number of carbonyl (C=O) groups is 2. The van der Waals surface area contributed by atoms with E-state index in [1.54, 1.807) is 12.1 Å². The highest BCUT2D eigenvalue weighted by Crippen LogP contribution is 2.25. The molecule has 0 saturated heterocycles. The summed E-state index contributed by atoms with van der Waals surface area (Å²) >= 11 is 11.9. The van der Waals surface area contributed by atoms with E-state index in [4.69, 9.17) is 23.2 Å². The molecule has 0 aromatic heterocycles. The maximum atomic E-state index is 13.0. The summed E-state index contributed by atoms with van der Waals surface area (Å²) in [5.74, 6) is -2.23. The van der Waals surface area contributed by atoms with Crippen molar-refractivity contribution in [2.75, 3.05) is 18.0 Å². The van der Waals surface area contributed by atoms with Gasteiger partial charge in [-0.05, 0) is 54.8 Å². The molecule has 0 spiro atoms. The second-order valence-electron chi connectivity index (χ2n) is 6.30. The van der Waals surface area contributed by atoms with Gasteiger partial charge in [-0.15, -0.1) is 0 Å². The van der Waals surface area contributed by atoms with Crippen LogP contribution in [0.2, 0.25) is 10.0 Å². The van der Waals surface area contributed by atoms with E-state index in [9.17, 15) is 19.1 Å². The van der Waals surface area contributed by atoms with Crippen LogP contribution in [0, 0.1) is 5.82 Å². The van der Waals surface area contributed by atoms with Crippen molar-refractivity contribution in [3.8, 4) is 0 Å². The topological polar surface area (TPSA) is 69.6 Å². The molecule has 8 heteroatoms. The molecule has 2 aromatic rings. The lowest BCUT2D eigenvalue weighted by Gasteiger charge is -2.16. The van der Waals surface area contributed by atoms with E-state index >= 15 is 0 Å². The van der Waals surface area contributed by atoms with Crippen molar-refractivity contribution >= 4 is 40.7 Å².